The largest absolute Gasteiger partial charge is 0.307 e. The molecule has 0 spiro atoms. The standard InChI is InChI=1S/C11H17N3/c1-8-7-13-11(14-9(8)2)10-5-3-4-6-12-10/h7,10,12H,3-6H2,1-2H3. The first-order valence-corrected chi connectivity index (χ1v) is 5.31. The molecule has 0 saturated carbocycles. The van der Waals surface area contributed by atoms with Crippen LogP contribution in [0.2, 0.25) is 0 Å². The van der Waals surface area contributed by atoms with Gasteiger partial charge in [-0.3, -0.25) is 0 Å². The lowest BCUT2D eigenvalue weighted by Crippen LogP contribution is -2.28. The first-order valence-electron chi connectivity index (χ1n) is 5.31. The Morgan fingerprint density at radius 2 is 2.21 bits per heavy atom. The first kappa shape index (κ1) is 9.59. The summed E-state index contributed by atoms with van der Waals surface area (Å²) < 4.78 is 0. The van der Waals surface area contributed by atoms with E-state index in [4.69, 9.17) is 0 Å². The number of piperidine rings is 1. The number of nitrogens with zero attached hydrogens (tertiary/aromatic N) is 2. The molecule has 1 saturated heterocycles. The maximum atomic E-state index is 4.52. The van der Waals surface area contributed by atoms with E-state index in [0.29, 0.717) is 6.04 Å². The van der Waals surface area contributed by atoms with Gasteiger partial charge in [0, 0.05) is 11.9 Å². The zero-order chi connectivity index (χ0) is 9.97. The molecule has 1 aliphatic rings. The Bertz CT molecular complexity index is 316. The normalized spacial score (nSPS) is 22.3. The molecule has 1 N–H and O–H groups in total. The van der Waals surface area contributed by atoms with Crippen molar-refractivity contribution < 1.29 is 0 Å². The summed E-state index contributed by atoms with van der Waals surface area (Å²) in [6, 6.07) is 0.378. The molecule has 0 bridgehead atoms. The first-order chi connectivity index (χ1) is 6.77. The Morgan fingerprint density at radius 1 is 1.36 bits per heavy atom. The lowest BCUT2D eigenvalue weighted by molar-refractivity contribution is 0.396. The molecule has 1 unspecified atom stereocenters. The van der Waals surface area contributed by atoms with E-state index in [9.17, 15) is 0 Å². The third-order valence-electron chi connectivity index (χ3n) is 2.87. The van der Waals surface area contributed by atoms with Gasteiger partial charge in [-0.25, -0.2) is 9.97 Å². The van der Waals surface area contributed by atoms with E-state index in [1.165, 1.54) is 24.8 Å². The van der Waals surface area contributed by atoms with Crippen LogP contribution >= 0.6 is 0 Å². The second kappa shape index (κ2) is 4.05. The van der Waals surface area contributed by atoms with Crippen LogP contribution in [0.15, 0.2) is 6.20 Å². The molecule has 3 nitrogen and oxygen atoms in total. The molecule has 0 aliphatic carbocycles. The highest BCUT2D eigenvalue weighted by Crippen LogP contribution is 2.20. The zero-order valence-corrected chi connectivity index (χ0v) is 8.88. The quantitative estimate of drug-likeness (QED) is 0.736. The molecule has 1 aromatic rings. The molecule has 76 valence electrons. The van der Waals surface area contributed by atoms with Crippen LogP contribution in [-0.2, 0) is 0 Å². The molecule has 0 aromatic carbocycles. The Balaban J connectivity index is 2.18. The molecule has 0 radical (unpaired) electrons. The Hall–Kier alpha value is -0.960. The van der Waals surface area contributed by atoms with Gasteiger partial charge >= 0.3 is 0 Å². The highest BCUT2D eigenvalue weighted by atomic mass is 15.0. The van der Waals surface area contributed by atoms with Crippen LogP contribution in [-0.4, -0.2) is 16.5 Å². The highest BCUT2D eigenvalue weighted by Gasteiger charge is 2.17. The van der Waals surface area contributed by atoms with E-state index in [1.807, 2.05) is 20.0 Å². The van der Waals surface area contributed by atoms with E-state index in [-0.39, 0.29) is 0 Å². The van der Waals surface area contributed by atoms with Crippen LogP contribution in [0.3, 0.4) is 0 Å². The molecule has 0 amide bonds. The van der Waals surface area contributed by atoms with E-state index < -0.39 is 0 Å². The Morgan fingerprint density at radius 3 is 2.86 bits per heavy atom. The van der Waals surface area contributed by atoms with Gasteiger partial charge in [0.2, 0.25) is 0 Å². The van der Waals surface area contributed by atoms with E-state index in [2.05, 4.69) is 15.3 Å². The van der Waals surface area contributed by atoms with Crippen molar-refractivity contribution in [3.63, 3.8) is 0 Å². The molecular formula is C11H17N3. The third kappa shape index (κ3) is 1.93. The number of aromatic nitrogens is 2. The predicted molar refractivity (Wildman–Crippen MR) is 56.1 cm³/mol. The van der Waals surface area contributed by atoms with Crippen LogP contribution in [0.5, 0.6) is 0 Å². The van der Waals surface area contributed by atoms with Gasteiger partial charge in [-0.2, -0.15) is 0 Å². The zero-order valence-electron chi connectivity index (χ0n) is 8.88. The van der Waals surface area contributed by atoms with Crippen LogP contribution < -0.4 is 5.32 Å². The van der Waals surface area contributed by atoms with Gasteiger partial charge < -0.3 is 5.32 Å². The maximum absolute atomic E-state index is 4.52. The summed E-state index contributed by atoms with van der Waals surface area (Å²) in [5.41, 5.74) is 2.27. The van der Waals surface area contributed by atoms with E-state index >= 15 is 0 Å². The minimum absolute atomic E-state index is 0.378. The molecule has 2 heterocycles. The summed E-state index contributed by atoms with van der Waals surface area (Å²) in [5.74, 6) is 0.966. The van der Waals surface area contributed by atoms with Gasteiger partial charge in [0.15, 0.2) is 0 Å². The number of rotatable bonds is 1. The van der Waals surface area contributed by atoms with Crippen molar-refractivity contribution in [3.8, 4) is 0 Å². The summed E-state index contributed by atoms with van der Waals surface area (Å²) in [6.07, 6.45) is 5.66. The maximum Gasteiger partial charge on any atom is 0.145 e. The monoisotopic (exact) mass is 191 g/mol. The number of hydrogen-bond donors (Lipinski definition) is 1. The summed E-state index contributed by atoms with van der Waals surface area (Å²) in [6.45, 7) is 5.19. The van der Waals surface area contributed by atoms with Crippen molar-refractivity contribution in [2.24, 2.45) is 0 Å². The average Bonchev–Trinajstić information content (AvgIpc) is 2.23. The molecule has 1 fully saturated rings. The lowest BCUT2D eigenvalue weighted by atomic mass is 10.0. The molecular weight excluding hydrogens is 174 g/mol. The fraction of sp³-hybridized carbons (Fsp3) is 0.636. The summed E-state index contributed by atoms with van der Waals surface area (Å²) in [4.78, 5) is 8.91. The Kier molecular flexibility index (Phi) is 2.77. The fourth-order valence-corrected chi connectivity index (χ4v) is 1.79. The van der Waals surface area contributed by atoms with Crippen molar-refractivity contribution in [1.82, 2.24) is 15.3 Å². The van der Waals surface area contributed by atoms with Gasteiger partial charge in [0.25, 0.3) is 0 Å². The smallest absolute Gasteiger partial charge is 0.145 e. The van der Waals surface area contributed by atoms with Gasteiger partial charge in [-0.15, -0.1) is 0 Å². The fourth-order valence-electron chi connectivity index (χ4n) is 1.79. The van der Waals surface area contributed by atoms with Crippen molar-refractivity contribution >= 4 is 0 Å². The van der Waals surface area contributed by atoms with Crippen LogP contribution in [0, 0.1) is 13.8 Å². The molecule has 2 rings (SSSR count). The van der Waals surface area contributed by atoms with Gasteiger partial charge in [-0.1, -0.05) is 6.42 Å². The third-order valence-corrected chi connectivity index (χ3v) is 2.87. The number of nitrogens with one attached hydrogen (secondary N) is 1. The second-order valence-corrected chi connectivity index (χ2v) is 4.00. The summed E-state index contributed by atoms with van der Waals surface area (Å²) in [5, 5.41) is 3.46. The summed E-state index contributed by atoms with van der Waals surface area (Å²) >= 11 is 0. The van der Waals surface area contributed by atoms with Crippen molar-refractivity contribution in [1.29, 1.82) is 0 Å². The van der Waals surface area contributed by atoms with E-state index in [0.717, 1.165) is 18.1 Å². The van der Waals surface area contributed by atoms with Crippen molar-refractivity contribution in [2.75, 3.05) is 6.54 Å². The van der Waals surface area contributed by atoms with Crippen LogP contribution in [0.1, 0.15) is 42.4 Å². The number of hydrogen-bond acceptors (Lipinski definition) is 3. The van der Waals surface area contributed by atoms with Crippen molar-refractivity contribution in [2.45, 2.75) is 39.2 Å². The lowest BCUT2D eigenvalue weighted by Gasteiger charge is -2.22. The highest BCUT2D eigenvalue weighted by molar-refractivity contribution is 5.15. The second-order valence-electron chi connectivity index (χ2n) is 4.00. The van der Waals surface area contributed by atoms with Gasteiger partial charge in [0.05, 0.1) is 6.04 Å². The molecule has 1 atom stereocenters. The SMILES string of the molecule is Cc1cnc(C2CCCCN2)nc1C. The molecule has 1 aromatic heterocycles. The summed E-state index contributed by atoms with van der Waals surface area (Å²) in [7, 11) is 0. The molecule has 14 heavy (non-hydrogen) atoms. The van der Waals surface area contributed by atoms with Gasteiger partial charge in [-0.05, 0) is 38.8 Å². The predicted octanol–water partition coefficient (Wildman–Crippen LogP) is 1.91. The number of aryl methyl sites for hydroxylation is 2. The molecule has 1 aliphatic heterocycles. The van der Waals surface area contributed by atoms with Gasteiger partial charge in [0.1, 0.15) is 5.82 Å². The van der Waals surface area contributed by atoms with Crippen LogP contribution in [0.25, 0.3) is 0 Å². The average molecular weight is 191 g/mol. The molecule has 3 heteroatoms. The Labute approximate surface area is 85.0 Å². The van der Waals surface area contributed by atoms with Crippen molar-refractivity contribution in [3.05, 3.63) is 23.3 Å². The minimum atomic E-state index is 0.378. The minimum Gasteiger partial charge on any atom is -0.307 e. The topological polar surface area (TPSA) is 37.8 Å². The van der Waals surface area contributed by atoms with Crippen LogP contribution in [0.4, 0.5) is 0 Å². The van der Waals surface area contributed by atoms with E-state index in [1.54, 1.807) is 0 Å².